The zero-order chi connectivity index (χ0) is 8.48. The van der Waals surface area contributed by atoms with Gasteiger partial charge in [0.1, 0.15) is 0 Å². The topological polar surface area (TPSA) is 40.7 Å². The first-order valence-electron chi connectivity index (χ1n) is 2.84. The molecule has 62 valence electrons. The third-order valence-electron chi connectivity index (χ3n) is 1.19. The monoisotopic (exact) mass is 165 g/mol. The van der Waals surface area contributed by atoms with E-state index in [1.807, 2.05) is 5.10 Å². The molecule has 0 atom stereocenters. The van der Waals surface area contributed by atoms with E-state index in [0.717, 1.165) is 6.20 Å². The van der Waals surface area contributed by atoms with Crippen molar-refractivity contribution in [2.75, 3.05) is 12.4 Å². The van der Waals surface area contributed by atoms with Gasteiger partial charge in [-0.3, -0.25) is 5.10 Å². The summed E-state index contributed by atoms with van der Waals surface area (Å²) in [5.41, 5.74) is -0.891. The Morgan fingerprint density at radius 2 is 2.18 bits per heavy atom. The molecule has 0 bridgehead atoms. The number of halogens is 3. The Morgan fingerprint density at radius 1 is 1.55 bits per heavy atom. The molecule has 0 spiro atoms. The predicted octanol–water partition coefficient (Wildman–Crippen LogP) is 1.47. The Bertz CT molecular complexity index is 239. The number of alkyl halides is 3. The molecule has 0 saturated heterocycles. The lowest BCUT2D eigenvalue weighted by Crippen LogP contribution is -2.08. The van der Waals surface area contributed by atoms with E-state index in [0.29, 0.717) is 0 Å². The van der Waals surface area contributed by atoms with Gasteiger partial charge in [0, 0.05) is 7.05 Å². The standard InChI is InChI=1S/C5H6F3N3/c1-9-3-2-10-11-4(3)5(6,7)8/h2,9H,1H3,(H,10,11). The fourth-order valence-electron chi connectivity index (χ4n) is 0.692. The Hall–Kier alpha value is -1.20. The van der Waals surface area contributed by atoms with E-state index in [2.05, 4.69) is 10.4 Å². The van der Waals surface area contributed by atoms with Crippen LogP contribution < -0.4 is 5.32 Å². The summed E-state index contributed by atoms with van der Waals surface area (Å²) in [7, 11) is 1.40. The van der Waals surface area contributed by atoms with Crippen molar-refractivity contribution in [1.29, 1.82) is 0 Å². The second-order valence-corrected chi connectivity index (χ2v) is 1.91. The number of nitrogens with one attached hydrogen (secondary N) is 2. The van der Waals surface area contributed by atoms with Crippen molar-refractivity contribution in [2.45, 2.75) is 6.18 Å². The average molecular weight is 165 g/mol. The maximum atomic E-state index is 12.0. The van der Waals surface area contributed by atoms with Gasteiger partial charge in [0.2, 0.25) is 0 Å². The molecule has 0 amide bonds. The largest absolute Gasteiger partial charge is 0.434 e. The number of aromatic nitrogens is 2. The van der Waals surface area contributed by atoms with Gasteiger partial charge in [0.15, 0.2) is 5.69 Å². The third-order valence-corrected chi connectivity index (χ3v) is 1.19. The van der Waals surface area contributed by atoms with Crippen LogP contribution in [0.5, 0.6) is 0 Å². The molecule has 6 heteroatoms. The van der Waals surface area contributed by atoms with Crippen LogP contribution in [-0.4, -0.2) is 17.2 Å². The summed E-state index contributed by atoms with van der Waals surface area (Å²) in [5.74, 6) is 0. The highest BCUT2D eigenvalue weighted by Crippen LogP contribution is 2.32. The summed E-state index contributed by atoms with van der Waals surface area (Å²) in [4.78, 5) is 0. The van der Waals surface area contributed by atoms with Crippen LogP contribution in [0.1, 0.15) is 5.69 Å². The molecule has 0 aliphatic heterocycles. The van der Waals surface area contributed by atoms with Crippen LogP contribution in [0.25, 0.3) is 0 Å². The molecule has 1 heterocycles. The lowest BCUT2D eigenvalue weighted by Gasteiger charge is -2.04. The molecule has 2 N–H and O–H groups in total. The van der Waals surface area contributed by atoms with Gasteiger partial charge in [-0.25, -0.2) is 0 Å². The number of hydrogen-bond acceptors (Lipinski definition) is 2. The number of rotatable bonds is 1. The van der Waals surface area contributed by atoms with Gasteiger partial charge in [0.05, 0.1) is 11.9 Å². The minimum Gasteiger partial charge on any atom is -0.385 e. The van der Waals surface area contributed by atoms with E-state index >= 15 is 0 Å². The Labute approximate surface area is 60.6 Å². The number of aromatic amines is 1. The van der Waals surface area contributed by atoms with E-state index < -0.39 is 11.9 Å². The van der Waals surface area contributed by atoms with E-state index in [1.165, 1.54) is 7.05 Å². The molecule has 3 nitrogen and oxygen atoms in total. The first kappa shape index (κ1) is 7.90. The Kier molecular flexibility index (Phi) is 1.76. The summed E-state index contributed by atoms with van der Waals surface area (Å²) in [6, 6.07) is 0. The van der Waals surface area contributed by atoms with Crippen molar-refractivity contribution in [3.63, 3.8) is 0 Å². The van der Waals surface area contributed by atoms with Gasteiger partial charge < -0.3 is 5.32 Å². The van der Waals surface area contributed by atoms with Crippen LogP contribution in [0.2, 0.25) is 0 Å². The fraction of sp³-hybridized carbons (Fsp3) is 0.400. The van der Waals surface area contributed by atoms with Crippen molar-refractivity contribution in [1.82, 2.24) is 10.2 Å². The highest BCUT2D eigenvalue weighted by molar-refractivity contribution is 5.46. The highest BCUT2D eigenvalue weighted by Gasteiger charge is 2.35. The molecule has 0 radical (unpaired) electrons. The minimum atomic E-state index is -4.37. The first-order chi connectivity index (χ1) is 5.05. The van der Waals surface area contributed by atoms with Crippen LogP contribution >= 0.6 is 0 Å². The molecule has 1 aromatic rings. The van der Waals surface area contributed by atoms with Crippen molar-refractivity contribution in [3.8, 4) is 0 Å². The van der Waals surface area contributed by atoms with E-state index in [9.17, 15) is 13.2 Å². The molecule has 0 aromatic carbocycles. The van der Waals surface area contributed by atoms with Gasteiger partial charge >= 0.3 is 6.18 Å². The maximum absolute atomic E-state index is 12.0. The number of hydrogen-bond donors (Lipinski definition) is 2. The van der Waals surface area contributed by atoms with Gasteiger partial charge in [0.25, 0.3) is 0 Å². The van der Waals surface area contributed by atoms with Gasteiger partial charge in [-0.05, 0) is 0 Å². The fourth-order valence-corrected chi connectivity index (χ4v) is 0.692. The third kappa shape index (κ3) is 1.44. The molecule has 11 heavy (non-hydrogen) atoms. The van der Waals surface area contributed by atoms with Gasteiger partial charge in [-0.2, -0.15) is 18.3 Å². The van der Waals surface area contributed by atoms with Crippen LogP contribution in [0.15, 0.2) is 6.20 Å². The SMILES string of the molecule is CNc1cn[nH]c1C(F)(F)F. The molecular formula is C5H6F3N3. The lowest BCUT2D eigenvalue weighted by atomic mass is 10.3. The van der Waals surface area contributed by atoms with Gasteiger partial charge in [-0.15, -0.1) is 0 Å². The number of anilines is 1. The quantitative estimate of drug-likeness (QED) is 0.661. The molecule has 1 rings (SSSR count). The molecule has 0 aliphatic carbocycles. The second-order valence-electron chi connectivity index (χ2n) is 1.91. The van der Waals surface area contributed by atoms with Crippen molar-refractivity contribution in [3.05, 3.63) is 11.9 Å². The summed E-state index contributed by atoms with van der Waals surface area (Å²) in [5, 5.41) is 7.48. The van der Waals surface area contributed by atoms with Crippen LogP contribution in [0.3, 0.4) is 0 Å². The van der Waals surface area contributed by atoms with E-state index in [1.54, 1.807) is 0 Å². The zero-order valence-corrected chi connectivity index (χ0v) is 5.66. The molecule has 0 saturated carbocycles. The van der Waals surface area contributed by atoms with Crippen LogP contribution in [-0.2, 0) is 6.18 Å². The van der Waals surface area contributed by atoms with E-state index in [-0.39, 0.29) is 5.69 Å². The first-order valence-corrected chi connectivity index (χ1v) is 2.84. The van der Waals surface area contributed by atoms with Crippen LogP contribution in [0.4, 0.5) is 18.9 Å². The normalized spacial score (nSPS) is 11.6. The highest BCUT2D eigenvalue weighted by atomic mass is 19.4. The molecular weight excluding hydrogens is 159 g/mol. The molecule has 0 aliphatic rings. The van der Waals surface area contributed by atoms with Crippen molar-refractivity contribution >= 4 is 5.69 Å². The summed E-state index contributed by atoms with van der Waals surface area (Å²) in [6.45, 7) is 0. The summed E-state index contributed by atoms with van der Waals surface area (Å²) >= 11 is 0. The maximum Gasteiger partial charge on any atom is 0.434 e. The van der Waals surface area contributed by atoms with Gasteiger partial charge in [-0.1, -0.05) is 0 Å². The zero-order valence-electron chi connectivity index (χ0n) is 5.66. The summed E-state index contributed by atoms with van der Waals surface area (Å²) < 4.78 is 35.9. The smallest absolute Gasteiger partial charge is 0.385 e. The molecule has 0 fully saturated rings. The Balaban J connectivity index is 3.02. The molecule has 0 unspecified atom stereocenters. The summed E-state index contributed by atoms with van der Waals surface area (Å²) in [6.07, 6.45) is -3.28. The van der Waals surface area contributed by atoms with Crippen molar-refractivity contribution < 1.29 is 13.2 Å². The van der Waals surface area contributed by atoms with Crippen molar-refractivity contribution in [2.24, 2.45) is 0 Å². The second kappa shape index (κ2) is 2.44. The molecule has 1 aromatic heterocycles. The Morgan fingerprint density at radius 3 is 2.55 bits per heavy atom. The number of nitrogens with zero attached hydrogens (tertiary/aromatic N) is 1. The van der Waals surface area contributed by atoms with E-state index in [4.69, 9.17) is 0 Å². The minimum absolute atomic E-state index is 0.0440. The predicted molar refractivity (Wildman–Crippen MR) is 33.1 cm³/mol. The lowest BCUT2D eigenvalue weighted by molar-refractivity contribution is -0.140. The number of H-pyrrole nitrogens is 1. The van der Waals surface area contributed by atoms with Crippen LogP contribution in [0, 0.1) is 0 Å². The average Bonchev–Trinajstić information content (AvgIpc) is 2.31.